The summed E-state index contributed by atoms with van der Waals surface area (Å²) in [7, 11) is -1.44. The second-order valence-corrected chi connectivity index (χ2v) is 10.3. The summed E-state index contributed by atoms with van der Waals surface area (Å²) in [6.07, 6.45) is 1.87. The molecule has 0 aliphatic carbocycles. The second kappa shape index (κ2) is 9.90. The van der Waals surface area contributed by atoms with Crippen LogP contribution in [0.3, 0.4) is 0 Å². The van der Waals surface area contributed by atoms with Crippen LogP contribution in [0.1, 0.15) is 22.3 Å². The summed E-state index contributed by atoms with van der Waals surface area (Å²) in [5, 5.41) is 3.29. The van der Waals surface area contributed by atoms with Gasteiger partial charge in [-0.2, -0.15) is 0 Å². The molecule has 0 bridgehead atoms. The lowest BCUT2D eigenvalue weighted by atomic mass is 10.0. The van der Waals surface area contributed by atoms with Crippen molar-refractivity contribution in [1.82, 2.24) is 4.98 Å². The van der Waals surface area contributed by atoms with Crippen molar-refractivity contribution < 1.29 is 9.05 Å². The minimum Gasteiger partial charge on any atom is -0.435 e. The van der Waals surface area contributed by atoms with E-state index >= 15 is 0 Å². The van der Waals surface area contributed by atoms with Crippen molar-refractivity contribution in [2.75, 3.05) is 0 Å². The number of nitrogens with zero attached hydrogens (tertiary/aromatic N) is 1. The minimum atomic E-state index is -1.44. The van der Waals surface area contributed by atoms with Crippen molar-refractivity contribution in [3.63, 3.8) is 0 Å². The molecule has 0 aliphatic heterocycles. The number of pyridine rings is 1. The van der Waals surface area contributed by atoms with E-state index in [0.29, 0.717) is 0 Å². The van der Waals surface area contributed by atoms with Gasteiger partial charge in [-0.25, -0.2) is 0 Å². The molecule has 3 nitrogen and oxygen atoms in total. The van der Waals surface area contributed by atoms with E-state index < -0.39 is 8.38 Å². The highest BCUT2D eigenvalue weighted by atomic mass is 31.2. The Morgan fingerprint density at radius 1 is 0.629 bits per heavy atom. The predicted molar refractivity (Wildman–Crippen MR) is 147 cm³/mol. The van der Waals surface area contributed by atoms with Crippen LogP contribution in [-0.4, -0.2) is 4.98 Å². The maximum absolute atomic E-state index is 6.61. The van der Waals surface area contributed by atoms with Crippen molar-refractivity contribution >= 4 is 24.5 Å². The quantitative estimate of drug-likeness (QED) is 0.231. The Morgan fingerprint density at radius 2 is 1.29 bits per heavy atom. The van der Waals surface area contributed by atoms with Gasteiger partial charge in [0, 0.05) is 17.1 Å². The van der Waals surface area contributed by atoms with Crippen LogP contribution < -0.4 is 14.4 Å². The fourth-order valence-corrected chi connectivity index (χ4v) is 5.48. The lowest BCUT2D eigenvalue weighted by molar-refractivity contribution is 0.497. The van der Waals surface area contributed by atoms with Gasteiger partial charge in [0.25, 0.3) is 0 Å². The molecule has 0 unspecified atom stereocenters. The lowest BCUT2D eigenvalue weighted by Crippen LogP contribution is -2.11. The molecule has 5 aromatic rings. The SMILES string of the molecule is Cc1ccc(C)c(OP(Oc2cc(C)ccc2C)c2cccc(-c3nccc4ccccc34)c2)c1. The molecule has 4 aromatic carbocycles. The summed E-state index contributed by atoms with van der Waals surface area (Å²) in [4.78, 5) is 4.72. The normalized spacial score (nSPS) is 11.1. The number of aryl methyl sites for hydroxylation is 4. The molecule has 4 heteroatoms. The average Bonchev–Trinajstić information content (AvgIpc) is 2.87. The molecule has 35 heavy (non-hydrogen) atoms. The second-order valence-electron chi connectivity index (χ2n) is 8.91. The first-order chi connectivity index (χ1) is 17.0. The third-order valence-electron chi connectivity index (χ3n) is 6.05. The van der Waals surface area contributed by atoms with Crippen LogP contribution in [0.15, 0.2) is 97.2 Å². The molecule has 0 amide bonds. The van der Waals surface area contributed by atoms with Gasteiger partial charge in [0.05, 0.1) is 11.0 Å². The van der Waals surface area contributed by atoms with Crippen molar-refractivity contribution in [2.45, 2.75) is 27.7 Å². The molecule has 1 aromatic heterocycles. The summed E-state index contributed by atoms with van der Waals surface area (Å²) in [6.45, 7) is 8.28. The highest BCUT2D eigenvalue weighted by Crippen LogP contribution is 2.43. The highest BCUT2D eigenvalue weighted by Gasteiger charge is 2.21. The van der Waals surface area contributed by atoms with Crippen molar-refractivity contribution in [3.8, 4) is 22.8 Å². The van der Waals surface area contributed by atoms with E-state index in [9.17, 15) is 0 Å². The molecule has 0 saturated carbocycles. The molecule has 5 rings (SSSR count). The first kappa shape index (κ1) is 23.1. The Balaban J connectivity index is 1.59. The maximum atomic E-state index is 6.61. The van der Waals surface area contributed by atoms with E-state index in [-0.39, 0.29) is 0 Å². The molecular formula is C31H28NO2P. The van der Waals surface area contributed by atoms with Crippen molar-refractivity contribution in [2.24, 2.45) is 0 Å². The first-order valence-electron chi connectivity index (χ1n) is 11.7. The van der Waals surface area contributed by atoms with Crippen LogP contribution in [0.4, 0.5) is 0 Å². The summed E-state index contributed by atoms with van der Waals surface area (Å²) >= 11 is 0. The highest BCUT2D eigenvalue weighted by molar-refractivity contribution is 7.56. The smallest absolute Gasteiger partial charge is 0.326 e. The molecule has 1 heterocycles. The number of hydrogen-bond donors (Lipinski definition) is 0. The zero-order chi connectivity index (χ0) is 24.4. The van der Waals surface area contributed by atoms with Gasteiger partial charge < -0.3 is 9.05 Å². The Morgan fingerprint density at radius 3 is 1.97 bits per heavy atom. The Labute approximate surface area is 208 Å². The first-order valence-corrected chi connectivity index (χ1v) is 12.9. The fraction of sp³-hybridized carbons (Fsp3) is 0.129. The van der Waals surface area contributed by atoms with E-state index in [1.165, 1.54) is 5.39 Å². The topological polar surface area (TPSA) is 31.4 Å². The predicted octanol–water partition coefficient (Wildman–Crippen LogP) is 8.23. The van der Waals surface area contributed by atoms with E-state index in [1.54, 1.807) is 0 Å². The van der Waals surface area contributed by atoms with E-state index in [2.05, 4.69) is 113 Å². The minimum absolute atomic E-state index is 0.843. The van der Waals surface area contributed by atoms with Crippen LogP contribution >= 0.6 is 8.38 Å². The number of aromatic nitrogens is 1. The number of rotatable bonds is 6. The maximum Gasteiger partial charge on any atom is 0.326 e. The van der Waals surface area contributed by atoms with Gasteiger partial charge >= 0.3 is 8.38 Å². The van der Waals surface area contributed by atoms with Crippen LogP contribution in [0.5, 0.6) is 11.5 Å². The molecule has 0 radical (unpaired) electrons. The van der Waals surface area contributed by atoms with Crippen LogP contribution in [0, 0.1) is 27.7 Å². The van der Waals surface area contributed by atoms with Crippen LogP contribution in [0.2, 0.25) is 0 Å². The van der Waals surface area contributed by atoms with Crippen molar-refractivity contribution in [1.29, 1.82) is 0 Å². The largest absolute Gasteiger partial charge is 0.435 e. The van der Waals surface area contributed by atoms with Gasteiger partial charge in [0.1, 0.15) is 11.5 Å². The standard InChI is InChI=1S/C31H28NO2P/c1-21-12-14-23(3)29(18-21)33-35(34-30-19-22(2)13-15-24(30)4)27-10-7-9-26(20-27)31-28-11-6-5-8-25(28)16-17-32-31/h5-20H,1-4H3. The molecule has 0 N–H and O–H groups in total. The third kappa shape index (κ3) is 5.06. The Hall–Kier alpha value is -3.68. The summed E-state index contributed by atoms with van der Waals surface area (Å²) in [6, 6.07) is 31.3. The molecule has 174 valence electrons. The van der Waals surface area contributed by atoms with Gasteiger partial charge in [-0.05, 0) is 85.7 Å². The average molecular weight is 478 g/mol. The zero-order valence-electron chi connectivity index (χ0n) is 20.4. The third-order valence-corrected chi connectivity index (χ3v) is 7.48. The summed E-state index contributed by atoms with van der Waals surface area (Å²) in [5.41, 5.74) is 6.47. The Bertz CT molecular complexity index is 1450. The van der Waals surface area contributed by atoms with Gasteiger partial charge in [-0.3, -0.25) is 4.98 Å². The number of benzene rings is 4. The zero-order valence-corrected chi connectivity index (χ0v) is 21.3. The van der Waals surface area contributed by atoms with Crippen molar-refractivity contribution in [3.05, 3.63) is 119 Å². The van der Waals surface area contributed by atoms with Gasteiger partial charge in [-0.15, -0.1) is 0 Å². The summed E-state index contributed by atoms with van der Waals surface area (Å²) < 4.78 is 13.2. The van der Waals surface area contributed by atoms with Crippen LogP contribution in [0.25, 0.3) is 22.0 Å². The fourth-order valence-electron chi connectivity index (χ4n) is 4.03. The summed E-state index contributed by atoms with van der Waals surface area (Å²) in [5.74, 6) is 1.69. The monoisotopic (exact) mass is 477 g/mol. The van der Waals surface area contributed by atoms with E-state index in [4.69, 9.17) is 14.0 Å². The molecule has 0 spiro atoms. The van der Waals surface area contributed by atoms with Gasteiger partial charge in [0.2, 0.25) is 0 Å². The van der Waals surface area contributed by atoms with E-state index in [1.807, 2.05) is 12.3 Å². The molecular weight excluding hydrogens is 449 g/mol. The number of hydrogen-bond acceptors (Lipinski definition) is 3. The lowest BCUT2D eigenvalue weighted by Gasteiger charge is -2.22. The Kier molecular flexibility index (Phi) is 6.53. The van der Waals surface area contributed by atoms with Gasteiger partial charge in [-0.1, -0.05) is 60.7 Å². The molecule has 0 saturated heterocycles. The van der Waals surface area contributed by atoms with Gasteiger partial charge in [0.15, 0.2) is 0 Å². The molecule has 0 fully saturated rings. The van der Waals surface area contributed by atoms with E-state index in [0.717, 1.165) is 55.7 Å². The molecule has 0 atom stereocenters. The number of fused-ring (bicyclic) bond motifs is 1. The molecule has 0 aliphatic rings. The van der Waals surface area contributed by atoms with Crippen LogP contribution in [-0.2, 0) is 0 Å².